The smallest absolute Gasteiger partial charge is 0.257 e. The Kier molecular flexibility index (Phi) is 5.22. The van der Waals surface area contributed by atoms with Crippen molar-refractivity contribution in [2.45, 2.75) is 30.6 Å². The molecule has 0 saturated carbocycles. The Morgan fingerprint density at radius 3 is 2.86 bits per heavy atom. The van der Waals surface area contributed by atoms with Gasteiger partial charge in [0.15, 0.2) is 0 Å². The van der Waals surface area contributed by atoms with Crippen molar-refractivity contribution in [3.8, 4) is 16.5 Å². The lowest BCUT2D eigenvalue weighted by Gasteiger charge is -2.30. The second kappa shape index (κ2) is 7.65. The first-order valence-corrected chi connectivity index (χ1v) is 11.3. The molecule has 0 spiro atoms. The minimum absolute atomic E-state index is 0.107. The molecular formula is C19H21N3O4S2. The summed E-state index contributed by atoms with van der Waals surface area (Å²) in [5.41, 5.74) is 0.787. The third-order valence-electron chi connectivity index (χ3n) is 4.91. The largest absolute Gasteiger partial charge is 0.496 e. The minimum atomic E-state index is -3.60. The molecule has 1 aliphatic rings. The summed E-state index contributed by atoms with van der Waals surface area (Å²) in [6.45, 7) is 2.65. The van der Waals surface area contributed by atoms with Gasteiger partial charge >= 0.3 is 0 Å². The van der Waals surface area contributed by atoms with Gasteiger partial charge in [0.05, 0.1) is 22.8 Å². The monoisotopic (exact) mass is 419 g/mol. The highest BCUT2D eigenvalue weighted by Gasteiger charge is 2.33. The molecule has 3 heterocycles. The van der Waals surface area contributed by atoms with Gasteiger partial charge in [-0.05, 0) is 55.0 Å². The van der Waals surface area contributed by atoms with Crippen molar-refractivity contribution in [3.63, 3.8) is 0 Å². The Morgan fingerprint density at radius 1 is 1.29 bits per heavy atom. The van der Waals surface area contributed by atoms with Gasteiger partial charge in [-0.2, -0.15) is 4.31 Å². The first kappa shape index (κ1) is 19.1. The summed E-state index contributed by atoms with van der Waals surface area (Å²) >= 11 is 1.53. The third-order valence-corrected chi connectivity index (χ3v) is 7.63. The number of methoxy groups -OCH3 is 1. The van der Waals surface area contributed by atoms with Crippen LogP contribution < -0.4 is 4.74 Å². The van der Waals surface area contributed by atoms with E-state index in [2.05, 4.69) is 10.2 Å². The van der Waals surface area contributed by atoms with Crippen molar-refractivity contribution in [2.75, 3.05) is 20.2 Å². The summed E-state index contributed by atoms with van der Waals surface area (Å²) in [6, 6.07) is 8.78. The number of ether oxygens (including phenoxy) is 1. The van der Waals surface area contributed by atoms with Gasteiger partial charge in [0, 0.05) is 13.1 Å². The summed E-state index contributed by atoms with van der Waals surface area (Å²) in [5, 5.41) is 10.2. The summed E-state index contributed by atoms with van der Waals surface area (Å²) in [6.07, 6.45) is 1.56. The molecular weight excluding hydrogens is 398 g/mol. The number of hydrogen-bond acceptors (Lipinski definition) is 7. The molecule has 1 atom stereocenters. The Hall–Kier alpha value is -2.23. The van der Waals surface area contributed by atoms with Crippen LogP contribution in [-0.2, 0) is 10.0 Å². The number of sulfonamides is 1. The van der Waals surface area contributed by atoms with Gasteiger partial charge in [-0.1, -0.05) is 6.07 Å². The number of rotatable bonds is 5. The van der Waals surface area contributed by atoms with Gasteiger partial charge in [-0.25, -0.2) is 8.42 Å². The zero-order valence-corrected chi connectivity index (χ0v) is 17.3. The fraction of sp³-hybridized carbons (Fsp3) is 0.368. The number of thiophene rings is 1. The van der Waals surface area contributed by atoms with E-state index in [1.54, 1.807) is 25.3 Å². The lowest BCUT2D eigenvalue weighted by atomic mass is 10.00. The van der Waals surface area contributed by atoms with Crippen LogP contribution in [0.15, 0.2) is 45.0 Å². The van der Waals surface area contributed by atoms with Crippen LogP contribution in [0.5, 0.6) is 5.75 Å². The predicted molar refractivity (Wildman–Crippen MR) is 106 cm³/mol. The van der Waals surface area contributed by atoms with E-state index in [9.17, 15) is 8.42 Å². The maximum Gasteiger partial charge on any atom is 0.257 e. The van der Waals surface area contributed by atoms with Gasteiger partial charge in [-0.15, -0.1) is 21.5 Å². The molecule has 0 amide bonds. The summed E-state index contributed by atoms with van der Waals surface area (Å²) in [5.74, 6) is 1.54. The minimum Gasteiger partial charge on any atom is -0.496 e. The SMILES string of the molecule is COc1ccc(S(=O)(=O)N2CCCC(c3nnc(-c4cccs4)o3)C2)cc1C. The van der Waals surface area contributed by atoms with E-state index in [0.717, 1.165) is 23.3 Å². The fourth-order valence-corrected chi connectivity index (χ4v) is 5.68. The van der Waals surface area contributed by atoms with E-state index in [4.69, 9.17) is 9.15 Å². The molecule has 0 N–H and O–H groups in total. The molecule has 1 unspecified atom stereocenters. The number of aryl methyl sites for hydroxylation is 1. The van der Waals surface area contributed by atoms with Crippen LogP contribution in [0.4, 0.5) is 0 Å². The summed E-state index contributed by atoms with van der Waals surface area (Å²) < 4.78 is 38.8. The first-order chi connectivity index (χ1) is 13.5. The molecule has 7 nitrogen and oxygen atoms in total. The molecule has 9 heteroatoms. The molecule has 1 aliphatic heterocycles. The Labute approximate surface area is 168 Å². The predicted octanol–water partition coefficient (Wildman–Crippen LogP) is 3.68. The molecule has 0 bridgehead atoms. The van der Waals surface area contributed by atoms with Gasteiger partial charge in [0.2, 0.25) is 15.9 Å². The summed E-state index contributed by atoms with van der Waals surface area (Å²) in [4.78, 5) is 1.18. The van der Waals surface area contributed by atoms with Crippen LogP contribution >= 0.6 is 11.3 Å². The van der Waals surface area contributed by atoms with Crippen LogP contribution in [0.25, 0.3) is 10.8 Å². The molecule has 2 aromatic heterocycles. The quantitative estimate of drug-likeness (QED) is 0.627. The molecule has 1 saturated heterocycles. The number of hydrogen-bond donors (Lipinski definition) is 0. The van der Waals surface area contributed by atoms with Gasteiger partial charge in [-0.3, -0.25) is 0 Å². The number of nitrogens with zero attached hydrogens (tertiary/aromatic N) is 3. The van der Waals surface area contributed by atoms with Crippen LogP contribution in [-0.4, -0.2) is 43.1 Å². The molecule has 4 rings (SSSR count). The topological polar surface area (TPSA) is 85.5 Å². The van der Waals surface area contributed by atoms with E-state index < -0.39 is 10.0 Å². The highest BCUT2D eigenvalue weighted by molar-refractivity contribution is 7.89. The van der Waals surface area contributed by atoms with Crippen LogP contribution in [0.1, 0.15) is 30.2 Å². The number of aromatic nitrogens is 2. The lowest BCUT2D eigenvalue weighted by molar-refractivity contribution is 0.286. The number of benzene rings is 1. The Morgan fingerprint density at radius 2 is 2.14 bits per heavy atom. The third kappa shape index (κ3) is 3.57. The van der Waals surface area contributed by atoms with E-state index in [-0.39, 0.29) is 10.8 Å². The Balaban J connectivity index is 1.55. The first-order valence-electron chi connectivity index (χ1n) is 9.01. The van der Waals surface area contributed by atoms with Crippen molar-refractivity contribution in [1.82, 2.24) is 14.5 Å². The van der Waals surface area contributed by atoms with E-state index in [1.807, 2.05) is 24.4 Å². The average Bonchev–Trinajstić information content (AvgIpc) is 3.39. The molecule has 1 aromatic carbocycles. The molecule has 0 radical (unpaired) electrons. The molecule has 1 fully saturated rings. The maximum absolute atomic E-state index is 13.1. The zero-order valence-electron chi connectivity index (χ0n) is 15.7. The Bertz CT molecular complexity index is 1060. The van der Waals surface area contributed by atoms with Crippen molar-refractivity contribution < 1.29 is 17.6 Å². The molecule has 28 heavy (non-hydrogen) atoms. The van der Waals surface area contributed by atoms with Crippen molar-refractivity contribution in [2.24, 2.45) is 0 Å². The molecule has 0 aliphatic carbocycles. The highest BCUT2D eigenvalue weighted by atomic mass is 32.2. The maximum atomic E-state index is 13.1. The van der Waals surface area contributed by atoms with E-state index in [1.165, 1.54) is 15.6 Å². The van der Waals surface area contributed by atoms with Gasteiger partial charge < -0.3 is 9.15 Å². The molecule has 148 valence electrons. The van der Waals surface area contributed by atoms with E-state index in [0.29, 0.717) is 30.6 Å². The van der Waals surface area contributed by atoms with Crippen LogP contribution in [0, 0.1) is 6.92 Å². The van der Waals surface area contributed by atoms with Gasteiger partial charge in [0.25, 0.3) is 5.89 Å². The lowest BCUT2D eigenvalue weighted by Crippen LogP contribution is -2.39. The normalized spacial score (nSPS) is 18.3. The second-order valence-electron chi connectivity index (χ2n) is 6.76. The van der Waals surface area contributed by atoms with Crippen LogP contribution in [0.3, 0.4) is 0 Å². The van der Waals surface area contributed by atoms with Crippen molar-refractivity contribution in [3.05, 3.63) is 47.2 Å². The average molecular weight is 420 g/mol. The van der Waals surface area contributed by atoms with E-state index >= 15 is 0 Å². The van der Waals surface area contributed by atoms with Crippen LogP contribution in [0.2, 0.25) is 0 Å². The molecule has 3 aromatic rings. The second-order valence-corrected chi connectivity index (χ2v) is 9.64. The van der Waals surface area contributed by atoms with Crippen molar-refractivity contribution >= 4 is 21.4 Å². The summed E-state index contributed by atoms with van der Waals surface area (Å²) in [7, 11) is -2.03. The number of piperidine rings is 1. The standard InChI is InChI=1S/C19H21N3O4S2/c1-13-11-15(7-8-16(13)25-2)28(23,24)22-9-3-5-14(12-22)18-20-21-19(26-18)17-6-4-10-27-17/h4,6-8,10-11,14H,3,5,9,12H2,1-2H3. The fourth-order valence-electron chi connectivity index (χ4n) is 3.42. The zero-order chi connectivity index (χ0) is 19.7. The van der Waals surface area contributed by atoms with Crippen molar-refractivity contribution in [1.29, 1.82) is 0 Å². The highest BCUT2D eigenvalue weighted by Crippen LogP contribution is 2.32. The van der Waals surface area contributed by atoms with Gasteiger partial charge in [0.1, 0.15) is 5.75 Å².